The molecule has 3 heterocycles. The molecule has 2 fully saturated rings. The summed E-state index contributed by atoms with van der Waals surface area (Å²) in [4.78, 5) is 44.9. The Kier molecular flexibility index (Phi) is 7.04. The van der Waals surface area contributed by atoms with E-state index in [1.54, 1.807) is 19.9 Å². The number of aromatic amines is 1. The number of morpholine rings is 1. The number of carbonyl (C=O) groups excluding carboxylic acids is 3. The number of halogens is 1. The number of esters is 1. The van der Waals surface area contributed by atoms with Crippen molar-refractivity contribution in [3.8, 4) is 0 Å². The molecular weight excluding hydrogens is 457 g/mol. The number of aliphatic hydroxyl groups is 1. The molecule has 0 spiro atoms. The molecule has 186 valence electrons. The van der Waals surface area contributed by atoms with Crippen LogP contribution in [0.4, 0.5) is 4.39 Å². The van der Waals surface area contributed by atoms with Gasteiger partial charge in [0.15, 0.2) is 0 Å². The summed E-state index contributed by atoms with van der Waals surface area (Å²) in [6, 6.07) is 4.65. The second kappa shape index (κ2) is 10.0. The number of Topliss-reactive ketones (excluding diaryl/α,β-unsaturated/α-hetero) is 1. The predicted molar refractivity (Wildman–Crippen MR) is 124 cm³/mol. The van der Waals surface area contributed by atoms with Gasteiger partial charge >= 0.3 is 5.97 Å². The summed E-state index contributed by atoms with van der Waals surface area (Å²) in [5.41, 5.74) is 1.40. The van der Waals surface area contributed by atoms with Crippen molar-refractivity contribution in [2.45, 2.75) is 19.9 Å². The Hall–Kier alpha value is -3.50. The Bertz CT molecular complexity index is 1200. The molecule has 2 N–H and O–H groups in total. The van der Waals surface area contributed by atoms with E-state index >= 15 is 0 Å². The number of aliphatic hydroxyl groups excluding tert-OH is 1. The quantitative estimate of drug-likeness (QED) is 0.280. The number of aryl methyl sites for hydroxylation is 1. The Morgan fingerprint density at radius 1 is 1.23 bits per heavy atom. The molecule has 10 heteroatoms. The van der Waals surface area contributed by atoms with E-state index in [9.17, 15) is 23.9 Å². The van der Waals surface area contributed by atoms with Gasteiger partial charge in [-0.3, -0.25) is 14.5 Å². The minimum Gasteiger partial charge on any atom is -0.507 e. The number of carbonyl (C=O) groups is 3. The molecule has 2 aliphatic rings. The molecule has 0 aliphatic carbocycles. The topological polar surface area (TPSA) is 112 Å². The lowest BCUT2D eigenvalue weighted by Crippen LogP contribution is -2.42. The van der Waals surface area contributed by atoms with Crippen molar-refractivity contribution in [3.05, 3.63) is 63.7 Å². The highest BCUT2D eigenvalue weighted by Gasteiger charge is 2.46. The van der Waals surface area contributed by atoms with Gasteiger partial charge in [0, 0.05) is 37.4 Å². The van der Waals surface area contributed by atoms with Gasteiger partial charge < -0.3 is 24.5 Å². The largest absolute Gasteiger partial charge is 0.507 e. The smallest absolute Gasteiger partial charge is 0.354 e. The van der Waals surface area contributed by atoms with E-state index in [0.717, 1.165) is 0 Å². The maximum atomic E-state index is 14.2. The average Bonchev–Trinajstić information content (AvgIpc) is 3.29. The summed E-state index contributed by atoms with van der Waals surface area (Å²) >= 11 is 0. The molecule has 35 heavy (non-hydrogen) atoms. The summed E-state index contributed by atoms with van der Waals surface area (Å²) in [6.45, 7) is 6.52. The van der Waals surface area contributed by atoms with Gasteiger partial charge in [-0.15, -0.1) is 0 Å². The molecule has 1 amide bonds. The van der Waals surface area contributed by atoms with Gasteiger partial charge in [0.25, 0.3) is 11.7 Å². The number of ketones is 1. The van der Waals surface area contributed by atoms with Crippen molar-refractivity contribution in [2.24, 2.45) is 0 Å². The molecule has 1 atom stereocenters. The fourth-order valence-corrected chi connectivity index (χ4v) is 4.75. The van der Waals surface area contributed by atoms with Crippen molar-refractivity contribution in [1.82, 2.24) is 14.8 Å². The van der Waals surface area contributed by atoms with Gasteiger partial charge in [0.2, 0.25) is 0 Å². The van der Waals surface area contributed by atoms with E-state index in [2.05, 4.69) is 9.88 Å². The SMILES string of the molecule is COC(=O)c1[nH]c(C)c(/C(O)=C2/C(=O)C(=O)N(CCN3CCOCC3)C2c2cccc(F)c2)c1C. The Labute approximate surface area is 202 Å². The molecule has 2 aromatic rings. The standard InChI is InChI=1S/C25H28FN3O6/c1-14-18(15(2)27-20(14)25(33)34-3)22(30)19-21(16-5-4-6-17(26)13-16)29(24(32)23(19)31)8-7-28-9-11-35-12-10-28/h4-6,13,21,27,30H,7-12H2,1-3H3/b22-19-. The van der Waals surface area contributed by atoms with Gasteiger partial charge in [-0.25, -0.2) is 9.18 Å². The average molecular weight is 486 g/mol. The normalized spacial score (nSPS) is 20.5. The number of hydrogen-bond acceptors (Lipinski definition) is 7. The molecule has 1 aromatic heterocycles. The number of rotatable bonds is 6. The molecule has 1 aromatic carbocycles. The van der Waals surface area contributed by atoms with Crippen molar-refractivity contribution in [1.29, 1.82) is 0 Å². The number of hydrogen-bond donors (Lipinski definition) is 2. The summed E-state index contributed by atoms with van der Waals surface area (Å²) in [7, 11) is 1.24. The number of nitrogens with zero attached hydrogens (tertiary/aromatic N) is 2. The van der Waals surface area contributed by atoms with Crippen LogP contribution in [0.2, 0.25) is 0 Å². The van der Waals surface area contributed by atoms with Crippen LogP contribution in [-0.4, -0.2) is 84.1 Å². The first-order valence-corrected chi connectivity index (χ1v) is 11.4. The van der Waals surface area contributed by atoms with E-state index in [1.807, 2.05) is 0 Å². The van der Waals surface area contributed by atoms with Crippen molar-refractivity contribution < 1.29 is 33.4 Å². The molecule has 2 saturated heterocycles. The number of amides is 1. The number of nitrogens with one attached hydrogen (secondary N) is 1. The van der Waals surface area contributed by atoms with Gasteiger partial charge in [0.05, 0.1) is 31.9 Å². The fourth-order valence-electron chi connectivity index (χ4n) is 4.75. The van der Waals surface area contributed by atoms with Crippen LogP contribution in [0.25, 0.3) is 5.76 Å². The lowest BCUT2D eigenvalue weighted by Gasteiger charge is -2.31. The Morgan fingerprint density at radius 3 is 2.60 bits per heavy atom. The van der Waals surface area contributed by atoms with Gasteiger partial charge in [-0.05, 0) is 37.1 Å². The number of methoxy groups -OCH3 is 1. The second-order valence-corrected chi connectivity index (χ2v) is 8.62. The van der Waals surface area contributed by atoms with Gasteiger partial charge in [-0.1, -0.05) is 12.1 Å². The number of H-pyrrole nitrogens is 1. The second-order valence-electron chi connectivity index (χ2n) is 8.62. The maximum Gasteiger partial charge on any atom is 0.354 e. The van der Waals surface area contributed by atoms with Crippen LogP contribution in [0, 0.1) is 19.7 Å². The summed E-state index contributed by atoms with van der Waals surface area (Å²) < 4.78 is 24.3. The highest BCUT2D eigenvalue weighted by Crippen LogP contribution is 2.41. The zero-order chi connectivity index (χ0) is 25.3. The first-order valence-electron chi connectivity index (χ1n) is 11.4. The first kappa shape index (κ1) is 24.6. The minimum atomic E-state index is -0.984. The zero-order valence-electron chi connectivity index (χ0n) is 19.9. The number of aromatic nitrogens is 1. The highest BCUT2D eigenvalue weighted by atomic mass is 19.1. The minimum absolute atomic E-state index is 0.135. The number of benzene rings is 1. The van der Waals surface area contributed by atoms with E-state index in [1.165, 1.54) is 30.2 Å². The first-order chi connectivity index (χ1) is 16.7. The predicted octanol–water partition coefficient (Wildman–Crippen LogP) is 2.31. The van der Waals surface area contributed by atoms with E-state index < -0.39 is 35.3 Å². The summed E-state index contributed by atoms with van der Waals surface area (Å²) in [5, 5.41) is 11.4. The number of likely N-dealkylation sites (tertiary alicyclic amines) is 1. The lowest BCUT2D eigenvalue weighted by atomic mass is 9.94. The van der Waals surface area contributed by atoms with Crippen LogP contribution in [0.3, 0.4) is 0 Å². The molecule has 4 rings (SSSR count). The third-order valence-electron chi connectivity index (χ3n) is 6.53. The Balaban J connectivity index is 1.80. The third kappa shape index (κ3) is 4.59. The van der Waals surface area contributed by atoms with Crippen LogP contribution in [0.5, 0.6) is 0 Å². The molecule has 0 saturated carbocycles. The van der Waals surface area contributed by atoms with Crippen molar-refractivity contribution in [3.63, 3.8) is 0 Å². The van der Waals surface area contributed by atoms with Crippen LogP contribution in [0.1, 0.15) is 38.9 Å². The molecule has 2 aliphatic heterocycles. The van der Waals surface area contributed by atoms with Gasteiger partial charge in [0.1, 0.15) is 17.3 Å². The zero-order valence-corrected chi connectivity index (χ0v) is 19.9. The fraction of sp³-hybridized carbons (Fsp3) is 0.400. The monoisotopic (exact) mass is 485 g/mol. The molecular formula is C25H28FN3O6. The van der Waals surface area contributed by atoms with E-state index in [4.69, 9.17) is 9.47 Å². The highest BCUT2D eigenvalue weighted by molar-refractivity contribution is 6.46. The molecule has 0 bridgehead atoms. The molecule has 9 nitrogen and oxygen atoms in total. The summed E-state index contributed by atoms with van der Waals surface area (Å²) in [6.07, 6.45) is 0. The van der Waals surface area contributed by atoms with Crippen LogP contribution in [0.15, 0.2) is 29.8 Å². The summed E-state index contributed by atoms with van der Waals surface area (Å²) in [5.74, 6) is -3.21. The Morgan fingerprint density at radius 2 is 1.94 bits per heavy atom. The molecule has 1 unspecified atom stereocenters. The van der Waals surface area contributed by atoms with Crippen molar-refractivity contribution in [2.75, 3.05) is 46.5 Å². The van der Waals surface area contributed by atoms with Gasteiger partial charge in [-0.2, -0.15) is 0 Å². The molecule has 0 radical (unpaired) electrons. The van der Waals surface area contributed by atoms with Crippen LogP contribution < -0.4 is 0 Å². The van der Waals surface area contributed by atoms with Crippen LogP contribution in [-0.2, 0) is 19.1 Å². The van der Waals surface area contributed by atoms with Crippen LogP contribution >= 0.6 is 0 Å². The maximum absolute atomic E-state index is 14.2. The lowest BCUT2D eigenvalue weighted by molar-refractivity contribution is -0.140. The van der Waals surface area contributed by atoms with E-state index in [0.29, 0.717) is 49.7 Å². The van der Waals surface area contributed by atoms with Crippen molar-refractivity contribution >= 4 is 23.4 Å². The number of ether oxygens (including phenoxy) is 2. The third-order valence-corrected chi connectivity index (χ3v) is 6.53. The van der Waals surface area contributed by atoms with E-state index in [-0.39, 0.29) is 23.4 Å².